The number of carbonyl (C=O) groups excluding carboxylic acids is 2. The van der Waals surface area contributed by atoms with E-state index >= 15 is 0 Å². The smallest absolute Gasteiger partial charge is 0.339 e. The van der Waals surface area contributed by atoms with Crippen molar-refractivity contribution in [2.75, 3.05) is 6.61 Å². The molecule has 1 aliphatic rings. The third-order valence-electron chi connectivity index (χ3n) is 5.85. The van der Waals surface area contributed by atoms with Gasteiger partial charge in [-0.15, -0.1) is 11.3 Å². The molecule has 1 aromatic carbocycles. The Bertz CT molecular complexity index is 1170. The fourth-order valence-corrected chi connectivity index (χ4v) is 4.80. The van der Waals surface area contributed by atoms with Crippen LogP contribution in [0.1, 0.15) is 53.7 Å². The minimum Gasteiger partial charge on any atom is -0.452 e. The molecule has 2 N–H and O–H groups in total. The quantitative estimate of drug-likeness (QED) is 0.580. The molecule has 2 heterocycles. The van der Waals surface area contributed by atoms with Gasteiger partial charge in [-0.2, -0.15) is 0 Å². The van der Waals surface area contributed by atoms with Crippen LogP contribution in [0.25, 0.3) is 22.6 Å². The number of hydrogen-bond donors (Lipinski definition) is 1. The van der Waals surface area contributed by atoms with Crippen molar-refractivity contribution in [1.82, 2.24) is 4.98 Å². The lowest BCUT2D eigenvalue weighted by atomic mass is 9.69. The molecule has 3 aromatic rings. The fourth-order valence-electron chi connectivity index (χ4n) is 4.12. The van der Waals surface area contributed by atoms with Crippen LogP contribution < -0.4 is 5.73 Å². The normalized spacial score (nSPS) is 17.5. The monoisotopic (exact) mass is 434 g/mol. The number of amides is 1. The summed E-state index contributed by atoms with van der Waals surface area (Å²) in [4.78, 5) is 30.5. The minimum absolute atomic E-state index is 0.0479. The van der Waals surface area contributed by atoms with Crippen LogP contribution in [0, 0.1) is 11.3 Å². The molecule has 1 atom stereocenters. The second-order valence-electron chi connectivity index (χ2n) is 9.03. The van der Waals surface area contributed by atoms with Crippen molar-refractivity contribution in [3.8, 4) is 0 Å². The second kappa shape index (κ2) is 8.27. The van der Waals surface area contributed by atoms with Gasteiger partial charge in [0.2, 0.25) is 0 Å². The largest absolute Gasteiger partial charge is 0.452 e. The number of fused-ring (bicyclic) bond motifs is 2. The van der Waals surface area contributed by atoms with Crippen molar-refractivity contribution in [2.24, 2.45) is 17.1 Å². The van der Waals surface area contributed by atoms with Gasteiger partial charge in [0.25, 0.3) is 5.91 Å². The van der Waals surface area contributed by atoms with Gasteiger partial charge in [-0.1, -0.05) is 45.0 Å². The summed E-state index contributed by atoms with van der Waals surface area (Å²) in [6.45, 7) is 6.24. The van der Waals surface area contributed by atoms with E-state index < -0.39 is 18.5 Å². The van der Waals surface area contributed by atoms with Gasteiger partial charge in [-0.05, 0) is 58.9 Å². The number of aromatic nitrogens is 1. The SMILES string of the molecule is CC(C)(C)C1CC(=Cc2cccs2)c2nc3ccccc3c(C(=O)OCC(N)=O)c2C1. The van der Waals surface area contributed by atoms with E-state index in [1.54, 1.807) is 11.3 Å². The summed E-state index contributed by atoms with van der Waals surface area (Å²) in [5.74, 6) is -0.873. The molecule has 0 radical (unpaired) electrons. The zero-order valence-electron chi connectivity index (χ0n) is 18.0. The second-order valence-corrected chi connectivity index (χ2v) is 10.0. The molecule has 2 aromatic heterocycles. The molecule has 0 fully saturated rings. The number of pyridine rings is 1. The van der Waals surface area contributed by atoms with Gasteiger partial charge >= 0.3 is 5.97 Å². The van der Waals surface area contributed by atoms with Crippen LogP contribution in [-0.2, 0) is 16.0 Å². The van der Waals surface area contributed by atoms with Gasteiger partial charge in [0.1, 0.15) is 0 Å². The molecule has 0 saturated heterocycles. The maximum atomic E-state index is 13.1. The lowest BCUT2D eigenvalue weighted by Crippen LogP contribution is -2.29. The van der Waals surface area contributed by atoms with E-state index in [-0.39, 0.29) is 5.41 Å². The van der Waals surface area contributed by atoms with Crippen molar-refractivity contribution >= 4 is 45.8 Å². The lowest BCUT2D eigenvalue weighted by Gasteiger charge is -2.36. The van der Waals surface area contributed by atoms with Crippen molar-refractivity contribution < 1.29 is 14.3 Å². The number of hydrogen-bond acceptors (Lipinski definition) is 5. The highest BCUT2D eigenvalue weighted by atomic mass is 32.1. The summed E-state index contributed by atoms with van der Waals surface area (Å²) in [5, 5.41) is 2.79. The first-order valence-corrected chi connectivity index (χ1v) is 11.2. The van der Waals surface area contributed by atoms with Crippen molar-refractivity contribution in [3.05, 3.63) is 63.5 Å². The molecule has 6 heteroatoms. The van der Waals surface area contributed by atoms with E-state index in [1.807, 2.05) is 30.3 Å². The number of carbonyl (C=O) groups is 2. The Morgan fingerprint density at radius 2 is 1.97 bits per heavy atom. The molecule has 1 unspecified atom stereocenters. The Kier molecular flexibility index (Phi) is 5.67. The van der Waals surface area contributed by atoms with Crippen LogP contribution in [-0.4, -0.2) is 23.5 Å². The predicted molar refractivity (Wildman–Crippen MR) is 125 cm³/mol. The van der Waals surface area contributed by atoms with Gasteiger partial charge in [-0.3, -0.25) is 4.79 Å². The third kappa shape index (κ3) is 4.39. The van der Waals surface area contributed by atoms with E-state index in [0.29, 0.717) is 11.5 Å². The maximum absolute atomic E-state index is 13.1. The highest BCUT2D eigenvalue weighted by Crippen LogP contribution is 2.45. The lowest BCUT2D eigenvalue weighted by molar-refractivity contribution is -0.121. The van der Waals surface area contributed by atoms with E-state index in [1.165, 1.54) is 0 Å². The van der Waals surface area contributed by atoms with E-state index in [0.717, 1.165) is 45.5 Å². The van der Waals surface area contributed by atoms with Crippen LogP contribution in [0.3, 0.4) is 0 Å². The van der Waals surface area contributed by atoms with Crippen LogP contribution in [0.2, 0.25) is 0 Å². The Hall–Kier alpha value is -2.99. The zero-order chi connectivity index (χ0) is 22.2. The number of benzene rings is 1. The first kappa shape index (κ1) is 21.2. The molecular weight excluding hydrogens is 408 g/mol. The molecule has 0 bridgehead atoms. The summed E-state index contributed by atoms with van der Waals surface area (Å²) < 4.78 is 5.27. The van der Waals surface area contributed by atoms with Crippen LogP contribution in [0.4, 0.5) is 0 Å². The number of nitrogens with two attached hydrogens (primary N) is 1. The van der Waals surface area contributed by atoms with Crippen molar-refractivity contribution in [1.29, 1.82) is 0 Å². The van der Waals surface area contributed by atoms with E-state index in [9.17, 15) is 9.59 Å². The molecule has 4 rings (SSSR count). The van der Waals surface area contributed by atoms with Crippen molar-refractivity contribution in [3.63, 3.8) is 0 Å². The summed E-state index contributed by atoms with van der Waals surface area (Å²) in [5.41, 5.74) is 9.35. The molecule has 1 aliphatic carbocycles. The number of allylic oxidation sites excluding steroid dienone is 1. The Morgan fingerprint density at radius 3 is 2.65 bits per heavy atom. The molecular formula is C25H26N2O3S. The number of esters is 1. The van der Waals surface area contributed by atoms with E-state index in [2.05, 4.69) is 38.3 Å². The minimum atomic E-state index is -0.675. The predicted octanol–water partition coefficient (Wildman–Crippen LogP) is 5.09. The highest BCUT2D eigenvalue weighted by molar-refractivity contribution is 7.10. The first-order valence-electron chi connectivity index (χ1n) is 10.4. The van der Waals surface area contributed by atoms with Crippen LogP contribution in [0.5, 0.6) is 0 Å². The number of primary amides is 1. The summed E-state index contributed by atoms with van der Waals surface area (Å²) in [6, 6.07) is 11.7. The number of rotatable bonds is 4. The maximum Gasteiger partial charge on any atom is 0.339 e. The number of thiophene rings is 1. The van der Waals surface area contributed by atoms with Gasteiger partial charge in [0.05, 0.1) is 16.8 Å². The molecule has 160 valence electrons. The summed E-state index contributed by atoms with van der Waals surface area (Å²) in [7, 11) is 0. The Labute approximate surface area is 185 Å². The van der Waals surface area contributed by atoms with Gasteiger partial charge in [-0.25, -0.2) is 9.78 Å². The molecule has 5 nitrogen and oxygen atoms in total. The third-order valence-corrected chi connectivity index (χ3v) is 6.67. The number of nitrogens with zero attached hydrogens (tertiary/aromatic N) is 1. The van der Waals surface area contributed by atoms with Gasteiger partial charge in [0.15, 0.2) is 6.61 Å². The van der Waals surface area contributed by atoms with Gasteiger partial charge < -0.3 is 10.5 Å². The van der Waals surface area contributed by atoms with E-state index in [4.69, 9.17) is 15.5 Å². The fraction of sp³-hybridized carbons (Fsp3) is 0.320. The molecule has 0 aliphatic heterocycles. The first-order chi connectivity index (χ1) is 14.7. The summed E-state index contributed by atoms with van der Waals surface area (Å²) >= 11 is 1.68. The van der Waals surface area contributed by atoms with Crippen LogP contribution >= 0.6 is 11.3 Å². The average molecular weight is 435 g/mol. The molecule has 0 saturated carbocycles. The zero-order valence-corrected chi connectivity index (χ0v) is 18.8. The summed E-state index contributed by atoms with van der Waals surface area (Å²) in [6.07, 6.45) is 3.79. The average Bonchev–Trinajstić information content (AvgIpc) is 3.22. The topological polar surface area (TPSA) is 82.3 Å². The number of para-hydroxylation sites is 1. The van der Waals surface area contributed by atoms with Gasteiger partial charge in [0, 0.05) is 10.3 Å². The molecule has 31 heavy (non-hydrogen) atoms. The Balaban J connectivity index is 1.95. The molecule has 1 amide bonds. The van der Waals surface area contributed by atoms with Crippen LogP contribution in [0.15, 0.2) is 41.8 Å². The molecule has 0 spiro atoms. The standard InChI is InChI=1S/C25H26N2O3S/c1-25(2,3)16-11-15(12-17-7-6-10-31-17)23-19(13-16)22(24(29)30-14-21(26)28)18-8-4-5-9-20(18)27-23/h4-10,12,16H,11,13-14H2,1-3H3,(H2,26,28). The number of ether oxygens (including phenoxy) is 1. The highest BCUT2D eigenvalue weighted by Gasteiger charge is 2.35. The van der Waals surface area contributed by atoms with Crippen molar-refractivity contribution in [2.45, 2.75) is 33.6 Å². The Morgan fingerprint density at radius 1 is 1.19 bits per heavy atom.